The number of primary amides is 1. The molecule has 0 saturated carbocycles. The Hall–Kier alpha value is -1.12. The highest BCUT2D eigenvalue weighted by Crippen LogP contribution is 2.22. The molecule has 0 aliphatic heterocycles. The number of sulfonamides is 1. The molecular formula is C10H14BrN3O3S. The van der Waals surface area contributed by atoms with Gasteiger partial charge < -0.3 is 11.5 Å². The predicted octanol–water partition coefficient (Wildman–Crippen LogP) is 0.575. The van der Waals surface area contributed by atoms with Crippen LogP contribution in [-0.4, -0.2) is 20.9 Å². The van der Waals surface area contributed by atoms with Crippen LogP contribution in [0.1, 0.15) is 12.8 Å². The Morgan fingerprint density at radius 2 is 2.06 bits per heavy atom. The van der Waals surface area contributed by atoms with E-state index in [2.05, 4.69) is 20.7 Å². The lowest BCUT2D eigenvalue weighted by molar-refractivity contribution is -0.118. The Kier molecular flexibility index (Phi) is 5.12. The third kappa shape index (κ3) is 4.28. The first kappa shape index (κ1) is 14.9. The van der Waals surface area contributed by atoms with Crippen LogP contribution in [0.25, 0.3) is 0 Å². The van der Waals surface area contributed by atoms with Gasteiger partial charge in [-0.25, -0.2) is 13.1 Å². The molecule has 18 heavy (non-hydrogen) atoms. The van der Waals surface area contributed by atoms with E-state index in [4.69, 9.17) is 11.5 Å². The highest BCUT2D eigenvalue weighted by molar-refractivity contribution is 9.10. The molecule has 8 heteroatoms. The third-order valence-electron chi connectivity index (χ3n) is 2.17. The lowest BCUT2D eigenvalue weighted by Crippen LogP contribution is -2.26. The average Bonchev–Trinajstić information content (AvgIpc) is 2.28. The van der Waals surface area contributed by atoms with E-state index in [1.165, 1.54) is 12.1 Å². The minimum absolute atomic E-state index is 0.0854. The van der Waals surface area contributed by atoms with Crippen LogP contribution in [0, 0.1) is 0 Å². The zero-order valence-electron chi connectivity index (χ0n) is 9.52. The second kappa shape index (κ2) is 6.17. The molecule has 0 aliphatic carbocycles. The summed E-state index contributed by atoms with van der Waals surface area (Å²) in [6, 6.07) is 4.37. The van der Waals surface area contributed by atoms with Crippen LogP contribution in [0.4, 0.5) is 5.69 Å². The standard InChI is InChI=1S/C10H14BrN3O3S/c11-8-4-3-7(6-9(8)12)18(16,17)14-5-1-2-10(13)15/h3-4,6,14H,1-2,5,12H2,(H2,13,15). The molecule has 0 aromatic heterocycles. The largest absolute Gasteiger partial charge is 0.398 e. The zero-order valence-corrected chi connectivity index (χ0v) is 11.9. The van der Waals surface area contributed by atoms with E-state index in [0.29, 0.717) is 16.6 Å². The van der Waals surface area contributed by atoms with Crippen LogP contribution < -0.4 is 16.2 Å². The molecule has 0 radical (unpaired) electrons. The fraction of sp³-hybridized carbons (Fsp3) is 0.300. The molecule has 100 valence electrons. The second-order valence-corrected chi connectivity index (χ2v) is 6.27. The highest BCUT2D eigenvalue weighted by Gasteiger charge is 2.14. The summed E-state index contributed by atoms with van der Waals surface area (Å²) in [5.41, 5.74) is 10.9. The number of hydrogen-bond donors (Lipinski definition) is 3. The fourth-order valence-corrected chi connectivity index (χ4v) is 2.60. The zero-order chi connectivity index (χ0) is 13.8. The van der Waals surface area contributed by atoms with Crippen molar-refractivity contribution < 1.29 is 13.2 Å². The normalized spacial score (nSPS) is 11.4. The molecule has 1 amide bonds. The first-order chi connectivity index (χ1) is 8.33. The van der Waals surface area contributed by atoms with Crippen molar-refractivity contribution in [3.05, 3.63) is 22.7 Å². The molecule has 0 saturated heterocycles. The number of nitrogens with one attached hydrogen (secondary N) is 1. The topological polar surface area (TPSA) is 115 Å². The number of benzene rings is 1. The van der Waals surface area contributed by atoms with Crippen molar-refractivity contribution in [3.63, 3.8) is 0 Å². The van der Waals surface area contributed by atoms with E-state index in [9.17, 15) is 13.2 Å². The smallest absolute Gasteiger partial charge is 0.240 e. The Morgan fingerprint density at radius 1 is 1.39 bits per heavy atom. The van der Waals surface area contributed by atoms with Crippen molar-refractivity contribution in [3.8, 4) is 0 Å². The van der Waals surface area contributed by atoms with Gasteiger partial charge in [-0.15, -0.1) is 0 Å². The molecule has 1 rings (SSSR count). The number of carbonyl (C=O) groups excluding carboxylic acids is 1. The number of rotatable bonds is 6. The minimum atomic E-state index is -3.60. The van der Waals surface area contributed by atoms with Crippen LogP contribution in [0.3, 0.4) is 0 Å². The Morgan fingerprint density at radius 3 is 2.61 bits per heavy atom. The first-order valence-corrected chi connectivity index (χ1v) is 7.43. The van der Waals surface area contributed by atoms with E-state index < -0.39 is 15.9 Å². The van der Waals surface area contributed by atoms with Gasteiger partial charge in [-0.1, -0.05) is 0 Å². The van der Waals surface area contributed by atoms with Crippen molar-refractivity contribution in [1.29, 1.82) is 0 Å². The van der Waals surface area contributed by atoms with Crippen LogP contribution in [0.2, 0.25) is 0 Å². The fourth-order valence-electron chi connectivity index (χ4n) is 1.24. The lowest BCUT2D eigenvalue weighted by atomic mass is 10.3. The number of carbonyl (C=O) groups is 1. The summed E-state index contributed by atoms with van der Waals surface area (Å²) in [7, 11) is -3.60. The molecule has 0 atom stereocenters. The maximum atomic E-state index is 11.8. The Bertz CT molecular complexity index is 545. The molecule has 0 heterocycles. The van der Waals surface area contributed by atoms with Crippen LogP contribution in [0.5, 0.6) is 0 Å². The van der Waals surface area contributed by atoms with Gasteiger partial charge in [0.15, 0.2) is 0 Å². The first-order valence-electron chi connectivity index (χ1n) is 5.16. The van der Waals surface area contributed by atoms with Crippen molar-refractivity contribution in [2.75, 3.05) is 12.3 Å². The second-order valence-electron chi connectivity index (χ2n) is 3.65. The quantitative estimate of drug-likeness (QED) is 0.520. The summed E-state index contributed by atoms with van der Waals surface area (Å²) >= 11 is 3.18. The molecule has 5 N–H and O–H groups in total. The van der Waals surface area contributed by atoms with E-state index in [1.807, 2.05) is 0 Å². The van der Waals surface area contributed by atoms with Gasteiger partial charge >= 0.3 is 0 Å². The van der Waals surface area contributed by atoms with Gasteiger partial charge in [-0.05, 0) is 40.5 Å². The van der Waals surface area contributed by atoms with E-state index >= 15 is 0 Å². The lowest BCUT2D eigenvalue weighted by Gasteiger charge is -2.07. The molecular weight excluding hydrogens is 322 g/mol. The van der Waals surface area contributed by atoms with Crippen LogP contribution >= 0.6 is 15.9 Å². The van der Waals surface area contributed by atoms with Gasteiger partial charge in [0, 0.05) is 23.1 Å². The molecule has 1 aromatic carbocycles. The van der Waals surface area contributed by atoms with Gasteiger partial charge in [0.05, 0.1) is 4.90 Å². The van der Waals surface area contributed by atoms with Gasteiger partial charge in [0.25, 0.3) is 0 Å². The predicted molar refractivity (Wildman–Crippen MR) is 72.2 cm³/mol. The highest BCUT2D eigenvalue weighted by atomic mass is 79.9. The van der Waals surface area contributed by atoms with Crippen molar-refractivity contribution in [1.82, 2.24) is 4.72 Å². The number of hydrogen-bond acceptors (Lipinski definition) is 4. The Balaban J connectivity index is 2.68. The summed E-state index contributed by atoms with van der Waals surface area (Å²) in [5, 5.41) is 0. The maximum Gasteiger partial charge on any atom is 0.240 e. The van der Waals surface area contributed by atoms with Crippen LogP contribution in [0.15, 0.2) is 27.6 Å². The molecule has 0 aliphatic rings. The number of anilines is 1. The Labute approximate surface area is 114 Å². The van der Waals surface area contributed by atoms with E-state index in [-0.39, 0.29) is 17.9 Å². The van der Waals surface area contributed by atoms with Gasteiger partial charge in [-0.2, -0.15) is 0 Å². The number of amides is 1. The van der Waals surface area contributed by atoms with Crippen molar-refractivity contribution in [2.45, 2.75) is 17.7 Å². The number of nitrogens with two attached hydrogens (primary N) is 2. The summed E-state index contributed by atoms with van der Waals surface area (Å²) in [6.07, 6.45) is 0.506. The summed E-state index contributed by atoms with van der Waals surface area (Å²) in [4.78, 5) is 10.6. The molecule has 0 unspecified atom stereocenters. The SMILES string of the molecule is NC(=O)CCCNS(=O)(=O)c1ccc(Br)c(N)c1. The maximum absolute atomic E-state index is 11.8. The van der Waals surface area contributed by atoms with Crippen molar-refractivity contribution >= 4 is 37.5 Å². The number of halogens is 1. The van der Waals surface area contributed by atoms with Gasteiger partial charge in [0.1, 0.15) is 0 Å². The van der Waals surface area contributed by atoms with Crippen molar-refractivity contribution in [2.24, 2.45) is 5.73 Å². The van der Waals surface area contributed by atoms with E-state index in [1.54, 1.807) is 6.07 Å². The molecule has 6 nitrogen and oxygen atoms in total. The molecule has 0 spiro atoms. The summed E-state index contributed by atoms with van der Waals surface area (Å²) in [5.74, 6) is -0.456. The molecule has 0 bridgehead atoms. The number of nitrogen functional groups attached to an aromatic ring is 1. The van der Waals surface area contributed by atoms with Crippen LogP contribution in [-0.2, 0) is 14.8 Å². The van der Waals surface area contributed by atoms with Gasteiger partial charge in [0.2, 0.25) is 15.9 Å². The molecule has 0 fully saturated rings. The minimum Gasteiger partial charge on any atom is -0.398 e. The van der Waals surface area contributed by atoms with E-state index in [0.717, 1.165) is 0 Å². The summed E-state index contributed by atoms with van der Waals surface area (Å²) in [6.45, 7) is 0.154. The monoisotopic (exact) mass is 335 g/mol. The average molecular weight is 336 g/mol. The third-order valence-corrected chi connectivity index (χ3v) is 4.35. The van der Waals surface area contributed by atoms with Gasteiger partial charge in [-0.3, -0.25) is 4.79 Å². The summed E-state index contributed by atoms with van der Waals surface area (Å²) < 4.78 is 26.7. The molecule has 1 aromatic rings.